The van der Waals surface area contributed by atoms with Crippen LogP contribution in [0.15, 0.2) is 36.4 Å². The van der Waals surface area contributed by atoms with Gasteiger partial charge in [0.15, 0.2) is 0 Å². The fourth-order valence-corrected chi connectivity index (χ4v) is 2.81. The van der Waals surface area contributed by atoms with Crippen LogP contribution in [0.2, 0.25) is 0 Å². The third-order valence-electron chi connectivity index (χ3n) is 3.89. The van der Waals surface area contributed by atoms with Gasteiger partial charge in [-0.05, 0) is 39.0 Å². The molecule has 1 amide bonds. The number of nitrogens with zero attached hydrogens (tertiary/aromatic N) is 2. The Balaban J connectivity index is 1.76. The molecular formula is C17H21N3O. The number of hydrogen-bond donors (Lipinski definition) is 1. The minimum absolute atomic E-state index is 0.121. The second-order valence-electron chi connectivity index (χ2n) is 6.61. The SMILES string of the molecule is CC(C)(C)N1CC(Nc2ccc3ccccc3n2)CC1=O. The maximum absolute atomic E-state index is 12.1. The number of fused-ring (bicyclic) bond motifs is 1. The molecule has 1 atom stereocenters. The Bertz CT molecular complexity index is 675. The Labute approximate surface area is 125 Å². The van der Waals surface area contributed by atoms with E-state index in [2.05, 4.69) is 37.1 Å². The van der Waals surface area contributed by atoms with Crippen molar-refractivity contribution in [3.8, 4) is 0 Å². The molecule has 0 spiro atoms. The van der Waals surface area contributed by atoms with Gasteiger partial charge in [-0.1, -0.05) is 18.2 Å². The van der Waals surface area contributed by atoms with Crippen molar-refractivity contribution < 1.29 is 4.79 Å². The van der Waals surface area contributed by atoms with Gasteiger partial charge in [0.05, 0.1) is 11.6 Å². The number of rotatable bonds is 2. The average Bonchev–Trinajstić information content (AvgIpc) is 2.79. The maximum Gasteiger partial charge on any atom is 0.225 e. The summed E-state index contributed by atoms with van der Waals surface area (Å²) in [6, 6.07) is 12.2. The second kappa shape index (κ2) is 5.02. The van der Waals surface area contributed by atoms with Crippen molar-refractivity contribution in [3.63, 3.8) is 0 Å². The molecule has 110 valence electrons. The summed E-state index contributed by atoms with van der Waals surface area (Å²) >= 11 is 0. The van der Waals surface area contributed by atoms with Crippen molar-refractivity contribution in [3.05, 3.63) is 36.4 Å². The molecule has 0 radical (unpaired) electrons. The van der Waals surface area contributed by atoms with E-state index in [-0.39, 0.29) is 17.5 Å². The Kier molecular flexibility index (Phi) is 3.32. The lowest BCUT2D eigenvalue weighted by Crippen LogP contribution is -2.43. The van der Waals surface area contributed by atoms with Crippen LogP contribution in [-0.4, -0.2) is 33.9 Å². The van der Waals surface area contributed by atoms with E-state index in [0.717, 1.165) is 23.3 Å². The standard InChI is InChI=1S/C17H21N3O/c1-17(2,3)20-11-13(10-16(20)21)18-15-9-8-12-6-4-5-7-14(12)19-15/h4-9,13H,10-11H2,1-3H3,(H,18,19). The molecule has 0 saturated carbocycles. The van der Waals surface area contributed by atoms with Crippen molar-refractivity contribution >= 4 is 22.6 Å². The molecule has 1 fully saturated rings. The molecule has 1 saturated heterocycles. The normalized spacial score (nSPS) is 19.3. The molecule has 2 heterocycles. The molecular weight excluding hydrogens is 262 g/mol. The molecule has 2 aromatic rings. The summed E-state index contributed by atoms with van der Waals surface area (Å²) in [5, 5.41) is 4.52. The van der Waals surface area contributed by atoms with Crippen molar-refractivity contribution in [1.82, 2.24) is 9.88 Å². The third-order valence-corrected chi connectivity index (χ3v) is 3.89. The van der Waals surface area contributed by atoms with Crippen molar-refractivity contribution in [2.75, 3.05) is 11.9 Å². The van der Waals surface area contributed by atoms with Crippen LogP contribution in [0.5, 0.6) is 0 Å². The van der Waals surface area contributed by atoms with Gasteiger partial charge in [-0.15, -0.1) is 0 Å². The summed E-state index contributed by atoms with van der Waals surface area (Å²) in [6.07, 6.45) is 0.534. The first-order valence-corrected chi connectivity index (χ1v) is 7.36. The highest BCUT2D eigenvalue weighted by Crippen LogP contribution is 2.24. The maximum atomic E-state index is 12.1. The van der Waals surface area contributed by atoms with Crippen LogP contribution in [0, 0.1) is 0 Å². The zero-order valence-corrected chi connectivity index (χ0v) is 12.8. The fraction of sp³-hybridized carbons (Fsp3) is 0.412. The van der Waals surface area contributed by atoms with Crippen molar-refractivity contribution in [2.45, 2.75) is 38.8 Å². The number of aromatic nitrogens is 1. The number of nitrogens with one attached hydrogen (secondary N) is 1. The van der Waals surface area contributed by atoms with Crippen LogP contribution in [-0.2, 0) is 4.79 Å². The van der Waals surface area contributed by atoms with E-state index in [1.807, 2.05) is 35.2 Å². The number of hydrogen-bond acceptors (Lipinski definition) is 3. The molecule has 1 N–H and O–H groups in total. The van der Waals surface area contributed by atoms with Gasteiger partial charge in [0.25, 0.3) is 0 Å². The van der Waals surface area contributed by atoms with Crippen molar-refractivity contribution in [2.24, 2.45) is 0 Å². The van der Waals surface area contributed by atoms with E-state index in [1.54, 1.807) is 0 Å². The van der Waals surface area contributed by atoms with Gasteiger partial charge in [0.2, 0.25) is 5.91 Å². The van der Waals surface area contributed by atoms with E-state index >= 15 is 0 Å². The smallest absolute Gasteiger partial charge is 0.225 e. The molecule has 4 heteroatoms. The molecule has 4 nitrogen and oxygen atoms in total. The highest BCUT2D eigenvalue weighted by molar-refractivity contribution is 5.82. The molecule has 1 aliphatic rings. The summed E-state index contributed by atoms with van der Waals surface area (Å²) in [4.78, 5) is 18.6. The lowest BCUT2D eigenvalue weighted by atomic mass is 10.1. The Morgan fingerprint density at radius 3 is 2.67 bits per heavy atom. The quantitative estimate of drug-likeness (QED) is 0.921. The summed E-state index contributed by atoms with van der Waals surface area (Å²) in [6.45, 7) is 6.95. The summed E-state index contributed by atoms with van der Waals surface area (Å²) in [5.41, 5.74) is 0.851. The number of pyridine rings is 1. The molecule has 1 aromatic heterocycles. The summed E-state index contributed by atoms with van der Waals surface area (Å²) in [5.74, 6) is 1.04. The highest BCUT2D eigenvalue weighted by Gasteiger charge is 2.36. The van der Waals surface area contributed by atoms with Gasteiger partial charge < -0.3 is 10.2 Å². The van der Waals surface area contributed by atoms with Gasteiger partial charge in [-0.3, -0.25) is 4.79 Å². The number of likely N-dealkylation sites (tertiary alicyclic amines) is 1. The second-order valence-corrected chi connectivity index (χ2v) is 6.61. The Morgan fingerprint density at radius 1 is 1.19 bits per heavy atom. The lowest BCUT2D eigenvalue weighted by molar-refractivity contribution is -0.131. The molecule has 3 rings (SSSR count). The summed E-state index contributed by atoms with van der Waals surface area (Å²) < 4.78 is 0. The largest absolute Gasteiger partial charge is 0.365 e. The fourth-order valence-electron chi connectivity index (χ4n) is 2.81. The first kappa shape index (κ1) is 13.9. The first-order valence-electron chi connectivity index (χ1n) is 7.36. The Hall–Kier alpha value is -2.10. The highest BCUT2D eigenvalue weighted by atomic mass is 16.2. The predicted octanol–water partition coefficient (Wildman–Crippen LogP) is 3.05. The van der Waals surface area contributed by atoms with Crippen LogP contribution >= 0.6 is 0 Å². The average molecular weight is 283 g/mol. The number of anilines is 1. The van der Waals surface area contributed by atoms with Gasteiger partial charge >= 0.3 is 0 Å². The lowest BCUT2D eigenvalue weighted by Gasteiger charge is -2.32. The number of carbonyl (C=O) groups excluding carboxylic acids is 1. The van der Waals surface area contributed by atoms with Crippen LogP contribution in [0.25, 0.3) is 10.9 Å². The topological polar surface area (TPSA) is 45.2 Å². The molecule has 21 heavy (non-hydrogen) atoms. The van der Waals surface area contributed by atoms with Gasteiger partial charge in [-0.2, -0.15) is 0 Å². The number of amides is 1. The van der Waals surface area contributed by atoms with E-state index in [4.69, 9.17) is 0 Å². The molecule has 0 aliphatic carbocycles. The molecule has 1 aromatic carbocycles. The molecule has 1 aliphatic heterocycles. The minimum Gasteiger partial charge on any atom is -0.365 e. The monoisotopic (exact) mass is 283 g/mol. The van der Waals surface area contributed by atoms with Crippen molar-refractivity contribution in [1.29, 1.82) is 0 Å². The van der Waals surface area contributed by atoms with Crippen LogP contribution < -0.4 is 5.32 Å². The number of benzene rings is 1. The number of carbonyl (C=O) groups is 1. The number of para-hydroxylation sites is 1. The van der Waals surface area contributed by atoms with E-state index < -0.39 is 0 Å². The van der Waals surface area contributed by atoms with E-state index in [1.165, 1.54) is 0 Å². The van der Waals surface area contributed by atoms with Crippen LogP contribution in [0.1, 0.15) is 27.2 Å². The van der Waals surface area contributed by atoms with E-state index in [0.29, 0.717) is 6.42 Å². The van der Waals surface area contributed by atoms with Crippen LogP contribution in [0.4, 0.5) is 5.82 Å². The molecule has 1 unspecified atom stereocenters. The zero-order chi connectivity index (χ0) is 15.0. The third kappa shape index (κ3) is 2.84. The van der Waals surface area contributed by atoms with Gasteiger partial charge in [0, 0.05) is 23.9 Å². The zero-order valence-electron chi connectivity index (χ0n) is 12.8. The predicted molar refractivity (Wildman–Crippen MR) is 85.2 cm³/mol. The van der Waals surface area contributed by atoms with E-state index in [9.17, 15) is 4.79 Å². The van der Waals surface area contributed by atoms with Gasteiger partial charge in [0.1, 0.15) is 5.82 Å². The van der Waals surface area contributed by atoms with Crippen LogP contribution in [0.3, 0.4) is 0 Å². The molecule has 0 bridgehead atoms. The van der Waals surface area contributed by atoms with Gasteiger partial charge in [-0.25, -0.2) is 4.98 Å². The summed E-state index contributed by atoms with van der Waals surface area (Å²) in [7, 11) is 0. The first-order chi connectivity index (χ1) is 9.93. The Morgan fingerprint density at radius 2 is 1.95 bits per heavy atom. The minimum atomic E-state index is -0.121.